The van der Waals surface area contributed by atoms with Crippen LogP contribution in [0.3, 0.4) is 0 Å². The summed E-state index contributed by atoms with van der Waals surface area (Å²) in [7, 11) is -4.06. The van der Waals surface area contributed by atoms with Crippen LogP contribution in [0.4, 0.5) is 18.9 Å². The number of carbonyl (C=O) groups excluding carboxylic acids is 1. The summed E-state index contributed by atoms with van der Waals surface area (Å²) in [5.74, 6) is -0.824. The van der Waals surface area contributed by atoms with Gasteiger partial charge in [-0.1, -0.05) is 11.6 Å². The summed E-state index contributed by atoms with van der Waals surface area (Å²) in [6.07, 6.45) is -3.93. The molecular formula is C13H15ClF3N3O3S. The maximum atomic E-state index is 12.8. The van der Waals surface area contributed by atoms with E-state index in [1.54, 1.807) is 13.8 Å². The standard InChI is InChI=1S/C13H15ClF3N3O3S/c1-8(2)18-19-12(21)7-20(24(3,22)23)11-6-9(13(15,16)17)4-5-10(11)14/h4-6H,7H2,1-3H3,(H,19,21). The Morgan fingerprint density at radius 3 is 2.38 bits per heavy atom. The Hall–Kier alpha value is -1.81. The molecule has 134 valence electrons. The van der Waals surface area contributed by atoms with E-state index in [2.05, 4.69) is 10.5 Å². The Morgan fingerprint density at radius 2 is 1.92 bits per heavy atom. The summed E-state index contributed by atoms with van der Waals surface area (Å²) in [5.41, 5.74) is 1.07. The van der Waals surface area contributed by atoms with Gasteiger partial charge in [-0.25, -0.2) is 13.8 Å². The Balaban J connectivity index is 3.28. The van der Waals surface area contributed by atoms with Gasteiger partial charge in [-0.05, 0) is 32.0 Å². The van der Waals surface area contributed by atoms with Crippen molar-refractivity contribution in [3.05, 3.63) is 28.8 Å². The van der Waals surface area contributed by atoms with Crippen LogP contribution in [0.25, 0.3) is 0 Å². The molecule has 0 saturated heterocycles. The highest BCUT2D eigenvalue weighted by molar-refractivity contribution is 7.92. The zero-order valence-electron chi connectivity index (χ0n) is 13.0. The highest BCUT2D eigenvalue weighted by Gasteiger charge is 2.33. The highest BCUT2D eigenvalue weighted by Crippen LogP contribution is 2.36. The Labute approximate surface area is 142 Å². The van der Waals surface area contributed by atoms with Gasteiger partial charge in [-0.2, -0.15) is 18.3 Å². The Kier molecular flexibility index (Phi) is 6.23. The lowest BCUT2D eigenvalue weighted by Gasteiger charge is -2.23. The number of rotatable bonds is 5. The van der Waals surface area contributed by atoms with E-state index >= 15 is 0 Å². The van der Waals surface area contributed by atoms with E-state index in [0.29, 0.717) is 16.1 Å². The number of nitrogens with one attached hydrogen (secondary N) is 1. The smallest absolute Gasteiger partial charge is 0.271 e. The van der Waals surface area contributed by atoms with Crippen LogP contribution in [0.15, 0.2) is 23.3 Å². The van der Waals surface area contributed by atoms with Crippen LogP contribution in [-0.2, 0) is 21.0 Å². The third-order valence-corrected chi connectivity index (χ3v) is 4.08. The lowest BCUT2D eigenvalue weighted by molar-refractivity contribution is -0.137. The van der Waals surface area contributed by atoms with Gasteiger partial charge in [0, 0.05) is 5.71 Å². The molecule has 0 heterocycles. The van der Waals surface area contributed by atoms with Crippen LogP contribution in [0.2, 0.25) is 5.02 Å². The molecule has 11 heteroatoms. The minimum Gasteiger partial charge on any atom is -0.271 e. The first-order valence-corrected chi connectivity index (χ1v) is 8.69. The van der Waals surface area contributed by atoms with Crippen molar-refractivity contribution in [2.24, 2.45) is 5.10 Å². The maximum Gasteiger partial charge on any atom is 0.416 e. The fourth-order valence-electron chi connectivity index (χ4n) is 1.60. The van der Waals surface area contributed by atoms with Gasteiger partial charge in [-0.15, -0.1) is 0 Å². The summed E-state index contributed by atoms with van der Waals surface area (Å²) in [4.78, 5) is 11.8. The first-order chi connectivity index (χ1) is 10.8. The number of anilines is 1. The lowest BCUT2D eigenvalue weighted by atomic mass is 10.2. The summed E-state index contributed by atoms with van der Waals surface area (Å²) in [6, 6.07) is 2.21. The summed E-state index contributed by atoms with van der Waals surface area (Å²) in [6.45, 7) is 2.42. The summed E-state index contributed by atoms with van der Waals surface area (Å²) < 4.78 is 62.7. The zero-order chi connectivity index (χ0) is 18.7. The van der Waals surface area contributed by atoms with Gasteiger partial charge in [0.2, 0.25) is 10.0 Å². The average molecular weight is 386 g/mol. The number of alkyl halides is 3. The molecule has 1 amide bonds. The van der Waals surface area contributed by atoms with Crippen molar-refractivity contribution in [1.82, 2.24) is 5.43 Å². The predicted molar refractivity (Wildman–Crippen MR) is 85.6 cm³/mol. The number of hydrazone groups is 1. The van der Waals surface area contributed by atoms with Crippen molar-refractivity contribution < 1.29 is 26.4 Å². The van der Waals surface area contributed by atoms with Gasteiger partial charge in [0.15, 0.2) is 0 Å². The molecule has 1 N–H and O–H groups in total. The normalized spacial score (nSPS) is 11.8. The second kappa shape index (κ2) is 7.39. The highest BCUT2D eigenvalue weighted by atomic mass is 35.5. The van der Waals surface area contributed by atoms with Crippen molar-refractivity contribution in [2.45, 2.75) is 20.0 Å². The number of amides is 1. The van der Waals surface area contributed by atoms with E-state index in [1.807, 2.05) is 0 Å². The van der Waals surface area contributed by atoms with Gasteiger partial charge >= 0.3 is 6.18 Å². The molecule has 0 radical (unpaired) electrons. The van der Waals surface area contributed by atoms with Crippen LogP contribution >= 0.6 is 11.6 Å². The minimum atomic E-state index is -4.69. The summed E-state index contributed by atoms with van der Waals surface area (Å²) in [5, 5.41) is 3.38. The third kappa shape index (κ3) is 5.68. The Morgan fingerprint density at radius 1 is 1.33 bits per heavy atom. The third-order valence-electron chi connectivity index (χ3n) is 2.63. The molecule has 6 nitrogen and oxygen atoms in total. The fourth-order valence-corrected chi connectivity index (χ4v) is 2.73. The zero-order valence-corrected chi connectivity index (χ0v) is 14.6. The number of nitrogens with zero attached hydrogens (tertiary/aromatic N) is 2. The van der Waals surface area contributed by atoms with E-state index in [0.717, 1.165) is 18.4 Å². The van der Waals surface area contributed by atoms with Crippen molar-refractivity contribution in [3.63, 3.8) is 0 Å². The monoisotopic (exact) mass is 385 g/mol. The molecule has 1 rings (SSSR count). The molecule has 0 aliphatic rings. The van der Waals surface area contributed by atoms with Crippen molar-refractivity contribution >= 4 is 38.9 Å². The number of sulfonamides is 1. The van der Waals surface area contributed by atoms with Crippen molar-refractivity contribution in [3.8, 4) is 0 Å². The molecule has 0 bridgehead atoms. The van der Waals surface area contributed by atoms with Crippen molar-refractivity contribution in [2.75, 3.05) is 17.1 Å². The maximum absolute atomic E-state index is 12.8. The number of hydrogen-bond donors (Lipinski definition) is 1. The summed E-state index contributed by atoms with van der Waals surface area (Å²) >= 11 is 5.83. The van der Waals surface area contributed by atoms with Crippen LogP contribution in [-0.4, -0.2) is 32.8 Å². The quantitative estimate of drug-likeness (QED) is 0.625. The van der Waals surface area contributed by atoms with Gasteiger partial charge in [0.25, 0.3) is 5.91 Å². The molecule has 0 aliphatic carbocycles. The molecule has 1 aromatic rings. The van der Waals surface area contributed by atoms with E-state index in [-0.39, 0.29) is 5.02 Å². The molecule has 0 aliphatic heterocycles. The lowest BCUT2D eigenvalue weighted by Crippen LogP contribution is -2.39. The topological polar surface area (TPSA) is 78.8 Å². The van der Waals surface area contributed by atoms with E-state index in [4.69, 9.17) is 11.6 Å². The molecule has 0 spiro atoms. The second-order valence-corrected chi connectivity index (χ2v) is 7.34. The SMILES string of the molecule is CC(C)=NNC(=O)CN(c1cc(C(F)(F)F)ccc1Cl)S(C)(=O)=O. The van der Waals surface area contributed by atoms with E-state index in [9.17, 15) is 26.4 Å². The van der Waals surface area contributed by atoms with Crippen LogP contribution in [0.5, 0.6) is 0 Å². The van der Waals surface area contributed by atoms with Crippen LogP contribution < -0.4 is 9.73 Å². The second-order valence-electron chi connectivity index (χ2n) is 5.03. The molecule has 0 aromatic heterocycles. The van der Waals surface area contributed by atoms with Crippen LogP contribution in [0, 0.1) is 0 Å². The molecular weight excluding hydrogens is 371 g/mol. The number of benzene rings is 1. The predicted octanol–water partition coefficient (Wildman–Crippen LogP) is 2.64. The molecule has 0 unspecified atom stereocenters. The van der Waals surface area contributed by atoms with Crippen LogP contribution in [0.1, 0.15) is 19.4 Å². The molecule has 0 fully saturated rings. The minimum absolute atomic E-state index is 0.239. The molecule has 1 aromatic carbocycles. The number of halogens is 4. The molecule has 0 atom stereocenters. The average Bonchev–Trinajstić information content (AvgIpc) is 2.41. The Bertz CT molecular complexity index is 759. The fraction of sp³-hybridized carbons (Fsp3) is 0.385. The van der Waals surface area contributed by atoms with Gasteiger partial charge in [0.1, 0.15) is 6.54 Å². The van der Waals surface area contributed by atoms with E-state index < -0.39 is 39.9 Å². The first kappa shape index (κ1) is 20.2. The van der Waals surface area contributed by atoms with E-state index in [1.165, 1.54) is 0 Å². The molecule has 0 saturated carbocycles. The number of hydrogen-bond acceptors (Lipinski definition) is 4. The number of carbonyl (C=O) groups is 1. The largest absolute Gasteiger partial charge is 0.416 e. The van der Waals surface area contributed by atoms with Crippen molar-refractivity contribution in [1.29, 1.82) is 0 Å². The van der Waals surface area contributed by atoms with Gasteiger partial charge < -0.3 is 0 Å². The molecule has 24 heavy (non-hydrogen) atoms. The van der Waals surface area contributed by atoms with Gasteiger partial charge in [0.05, 0.1) is 22.5 Å². The van der Waals surface area contributed by atoms with Gasteiger partial charge in [-0.3, -0.25) is 9.10 Å². The first-order valence-electron chi connectivity index (χ1n) is 6.46.